The molecule has 32 heavy (non-hydrogen) atoms. The minimum Gasteiger partial charge on any atom is -0.424 e. The van der Waals surface area contributed by atoms with Gasteiger partial charge in [-0.25, -0.2) is 19.0 Å². The summed E-state index contributed by atoms with van der Waals surface area (Å²) in [7, 11) is 0. The molecule has 0 amide bonds. The quantitative estimate of drug-likeness (QED) is 0.536. The van der Waals surface area contributed by atoms with Gasteiger partial charge in [-0.1, -0.05) is 11.6 Å². The van der Waals surface area contributed by atoms with Crippen LogP contribution in [0.5, 0.6) is 11.8 Å². The van der Waals surface area contributed by atoms with Crippen LogP contribution in [0.4, 0.5) is 10.2 Å². The summed E-state index contributed by atoms with van der Waals surface area (Å²) in [5.74, 6) is 3.38. The smallest absolute Gasteiger partial charge is 0.320 e. The van der Waals surface area contributed by atoms with Gasteiger partial charge in [0.05, 0.1) is 0 Å². The standard InChI is InChI=1S/C23H26ClFN6O/c1-3-31-23(32-19-8-17(24)7-18(25)9-19)28-21(29-31)10-20-15-4-5-16(20)12-30(11-15)22-6-14(2)26-13-27-22/h6-9,13,15-16,20H,3-5,10-12H2,1-2H3/t15-,16+,20?. The van der Waals surface area contributed by atoms with Crippen molar-refractivity contribution < 1.29 is 9.13 Å². The first-order valence-corrected chi connectivity index (χ1v) is 11.5. The molecule has 0 N–H and O–H groups in total. The Morgan fingerprint density at radius 2 is 1.91 bits per heavy atom. The Morgan fingerprint density at radius 1 is 1.12 bits per heavy atom. The van der Waals surface area contributed by atoms with Crippen LogP contribution in [-0.2, 0) is 13.0 Å². The van der Waals surface area contributed by atoms with Gasteiger partial charge in [0.1, 0.15) is 23.7 Å². The molecule has 5 rings (SSSR count). The number of halogens is 2. The van der Waals surface area contributed by atoms with Crippen LogP contribution in [0, 0.1) is 30.5 Å². The normalized spacial score (nSPS) is 22.4. The topological polar surface area (TPSA) is 69.0 Å². The van der Waals surface area contributed by atoms with Gasteiger partial charge in [0.25, 0.3) is 0 Å². The fourth-order valence-electron chi connectivity index (χ4n) is 5.11. The third-order valence-electron chi connectivity index (χ3n) is 6.59. The predicted octanol–water partition coefficient (Wildman–Crippen LogP) is 4.69. The number of rotatable bonds is 6. The van der Waals surface area contributed by atoms with Gasteiger partial charge in [0.2, 0.25) is 0 Å². The number of benzene rings is 1. The van der Waals surface area contributed by atoms with E-state index in [1.807, 2.05) is 13.8 Å². The number of hydrogen-bond acceptors (Lipinski definition) is 6. The Hall–Kier alpha value is -2.74. The molecule has 1 saturated heterocycles. The van der Waals surface area contributed by atoms with Crippen LogP contribution in [-0.4, -0.2) is 37.8 Å². The zero-order valence-corrected chi connectivity index (χ0v) is 19.0. The van der Waals surface area contributed by atoms with E-state index in [2.05, 4.69) is 31.0 Å². The first-order valence-electron chi connectivity index (χ1n) is 11.1. The Kier molecular flexibility index (Phi) is 5.71. The molecule has 1 aliphatic heterocycles. The van der Waals surface area contributed by atoms with Gasteiger partial charge in [0.15, 0.2) is 5.82 Å². The second-order valence-corrected chi connectivity index (χ2v) is 9.16. The van der Waals surface area contributed by atoms with Crippen LogP contribution in [0.2, 0.25) is 5.02 Å². The van der Waals surface area contributed by atoms with Crippen molar-refractivity contribution in [1.29, 1.82) is 0 Å². The minimum atomic E-state index is -0.447. The van der Waals surface area contributed by atoms with Gasteiger partial charge in [-0.2, -0.15) is 10.1 Å². The molecule has 3 heterocycles. The Morgan fingerprint density at radius 3 is 2.59 bits per heavy atom. The highest BCUT2D eigenvalue weighted by atomic mass is 35.5. The number of hydrogen-bond donors (Lipinski definition) is 0. The lowest BCUT2D eigenvalue weighted by atomic mass is 9.82. The highest BCUT2D eigenvalue weighted by Gasteiger charge is 2.42. The Labute approximate surface area is 191 Å². The Balaban J connectivity index is 1.30. The van der Waals surface area contributed by atoms with Crippen LogP contribution in [0.3, 0.4) is 0 Å². The average molecular weight is 457 g/mol. The van der Waals surface area contributed by atoms with E-state index in [1.54, 1.807) is 17.1 Å². The summed E-state index contributed by atoms with van der Waals surface area (Å²) in [6.07, 6.45) is 4.90. The van der Waals surface area contributed by atoms with E-state index in [-0.39, 0.29) is 5.02 Å². The summed E-state index contributed by atoms with van der Waals surface area (Å²) in [6.45, 7) is 6.59. The first kappa shape index (κ1) is 21.1. The van der Waals surface area contributed by atoms with Gasteiger partial charge < -0.3 is 9.64 Å². The van der Waals surface area contributed by atoms with Gasteiger partial charge in [-0.15, -0.1) is 0 Å². The van der Waals surface area contributed by atoms with Crippen molar-refractivity contribution in [2.24, 2.45) is 17.8 Å². The number of nitrogens with zero attached hydrogens (tertiary/aromatic N) is 6. The highest BCUT2D eigenvalue weighted by Crippen LogP contribution is 2.44. The molecule has 2 aliphatic rings. The molecule has 2 fully saturated rings. The zero-order valence-electron chi connectivity index (χ0n) is 18.2. The Bertz CT molecular complexity index is 1090. The van der Waals surface area contributed by atoms with E-state index < -0.39 is 5.82 Å². The fraction of sp³-hybridized carbons (Fsp3) is 0.478. The maximum atomic E-state index is 13.7. The third kappa shape index (κ3) is 4.28. The lowest BCUT2D eigenvalue weighted by Crippen LogP contribution is -2.43. The van der Waals surface area contributed by atoms with E-state index in [1.165, 1.54) is 25.0 Å². The molecule has 3 atom stereocenters. The molecule has 3 aromatic rings. The molecule has 1 saturated carbocycles. The average Bonchev–Trinajstić information content (AvgIpc) is 3.22. The number of anilines is 1. The maximum absolute atomic E-state index is 13.7. The van der Waals surface area contributed by atoms with Gasteiger partial charge in [-0.05, 0) is 56.6 Å². The van der Waals surface area contributed by atoms with Gasteiger partial charge in [0, 0.05) is 48.9 Å². The van der Waals surface area contributed by atoms with Crippen LogP contribution in [0.15, 0.2) is 30.6 Å². The van der Waals surface area contributed by atoms with E-state index >= 15 is 0 Å². The maximum Gasteiger partial charge on any atom is 0.320 e. The van der Waals surface area contributed by atoms with Crippen molar-refractivity contribution in [2.45, 2.75) is 39.7 Å². The van der Waals surface area contributed by atoms with E-state index in [0.717, 1.165) is 36.8 Å². The number of fused-ring (bicyclic) bond motifs is 2. The SMILES string of the molecule is CCn1nc(CC2[C@@H]3CC[C@H]2CN(c2cc(C)ncn2)C3)nc1Oc1cc(F)cc(Cl)c1. The van der Waals surface area contributed by atoms with Crippen molar-refractivity contribution in [3.05, 3.63) is 53.0 Å². The van der Waals surface area contributed by atoms with Gasteiger partial charge in [-0.3, -0.25) is 0 Å². The molecule has 1 aromatic carbocycles. The molecule has 0 spiro atoms. The van der Waals surface area contributed by atoms with E-state index in [4.69, 9.17) is 16.3 Å². The molecule has 2 bridgehead atoms. The fourth-order valence-corrected chi connectivity index (χ4v) is 5.33. The molecule has 9 heteroatoms. The van der Waals surface area contributed by atoms with Crippen molar-refractivity contribution in [3.63, 3.8) is 0 Å². The van der Waals surface area contributed by atoms with Crippen LogP contribution >= 0.6 is 11.6 Å². The van der Waals surface area contributed by atoms with Crippen molar-refractivity contribution in [1.82, 2.24) is 24.7 Å². The summed E-state index contributed by atoms with van der Waals surface area (Å²) in [6, 6.07) is 6.54. The molecule has 0 radical (unpaired) electrons. The summed E-state index contributed by atoms with van der Waals surface area (Å²) in [5.41, 5.74) is 0.992. The van der Waals surface area contributed by atoms with Crippen molar-refractivity contribution in [2.75, 3.05) is 18.0 Å². The van der Waals surface area contributed by atoms with Crippen molar-refractivity contribution >= 4 is 17.4 Å². The van der Waals surface area contributed by atoms with Gasteiger partial charge >= 0.3 is 6.01 Å². The third-order valence-corrected chi connectivity index (χ3v) is 6.81. The lowest BCUT2D eigenvalue weighted by Gasteiger charge is -2.38. The predicted molar refractivity (Wildman–Crippen MR) is 120 cm³/mol. The number of aromatic nitrogens is 5. The molecule has 168 valence electrons. The largest absolute Gasteiger partial charge is 0.424 e. The molecular weight excluding hydrogens is 431 g/mol. The lowest BCUT2D eigenvalue weighted by molar-refractivity contribution is 0.264. The van der Waals surface area contributed by atoms with Crippen molar-refractivity contribution in [3.8, 4) is 11.8 Å². The molecule has 7 nitrogen and oxygen atoms in total. The second-order valence-electron chi connectivity index (χ2n) is 8.72. The monoisotopic (exact) mass is 456 g/mol. The number of aryl methyl sites for hydroxylation is 2. The van der Waals surface area contributed by atoms with Crippen LogP contribution in [0.25, 0.3) is 0 Å². The molecular formula is C23H26ClFN6O. The first-order chi connectivity index (χ1) is 15.5. The minimum absolute atomic E-state index is 0.282. The number of ether oxygens (including phenoxy) is 1. The molecule has 1 aliphatic carbocycles. The molecule has 1 unspecified atom stereocenters. The van der Waals surface area contributed by atoms with Crippen LogP contribution in [0.1, 0.15) is 31.3 Å². The van der Waals surface area contributed by atoms with Crippen LogP contribution < -0.4 is 9.64 Å². The highest BCUT2D eigenvalue weighted by molar-refractivity contribution is 6.30. The summed E-state index contributed by atoms with van der Waals surface area (Å²) >= 11 is 5.95. The molecule has 2 aromatic heterocycles. The van der Waals surface area contributed by atoms with E-state index in [0.29, 0.717) is 36.1 Å². The number of piperidine rings is 1. The second kappa shape index (κ2) is 8.65. The van der Waals surface area contributed by atoms with E-state index in [9.17, 15) is 4.39 Å². The summed E-state index contributed by atoms with van der Waals surface area (Å²) < 4.78 is 21.2. The zero-order chi connectivity index (χ0) is 22.2. The summed E-state index contributed by atoms with van der Waals surface area (Å²) in [4.78, 5) is 15.7. The summed E-state index contributed by atoms with van der Waals surface area (Å²) in [5, 5.41) is 4.95.